The summed E-state index contributed by atoms with van der Waals surface area (Å²) in [6.45, 7) is 5.35. The Kier molecular flexibility index (Phi) is 11.4. The van der Waals surface area contributed by atoms with Gasteiger partial charge in [0.25, 0.3) is 0 Å². The number of carboxylic acid groups (broad SMARTS) is 1. The average molecular weight is 403 g/mol. The Morgan fingerprint density at radius 1 is 1.07 bits per heavy atom. The van der Waals surface area contributed by atoms with Crippen LogP contribution in [0.2, 0.25) is 0 Å². The zero-order valence-corrected chi connectivity index (χ0v) is 19.1. The second-order valence-corrected chi connectivity index (χ2v) is 5.65. The van der Waals surface area contributed by atoms with Crippen LogP contribution in [-0.4, -0.2) is 34.8 Å². The van der Waals surface area contributed by atoms with Gasteiger partial charge in [-0.05, 0) is 37.6 Å². The van der Waals surface area contributed by atoms with Gasteiger partial charge in [-0.15, -0.1) is 0 Å². The average Bonchev–Trinajstić information content (AvgIpc) is 2.47. The molecule has 0 saturated heterocycles. The molecule has 0 saturated carbocycles. The maximum atomic E-state index is 11.5. The Bertz CT molecular complexity index is 764. The normalized spacial score (nSPS) is 11.6. The van der Waals surface area contributed by atoms with Crippen molar-refractivity contribution < 1.29 is 86.6 Å². The Morgan fingerprint density at radius 3 is 2.11 bits per heavy atom. The van der Waals surface area contributed by atoms with E-state index in [4.69, 9.17) is 9.47 Å². The van der Waals surface area contributed by atoms with E-state index in [0.717, 1.165) is 0 Å². The number of hydrogen-bond donors (Lipinski definition) is 2. The van der Waals surface area contributed by atoms with Gasteiger partial charge in [-0.1, -0.05) is 6.07 Å². The summed E-state index contributed by atoms with van der Waals surface area (Å²) in [6, 6.07) is 3.41. The zero-order valence-electron chi connectivity index (χ0n) is 17.0. The van der Waals surface area contributed by atoms with Gasteiger partial charge < -0.3 is 21.3 Å². The molecule has 1 aromatic carbocycles. The number of carbonyl (C=O) groups excluding carboxylic acids is 3. The van der Waals surface area contributed by atoms with Crippen molar-refractivity contribution in [3.8, 4) is 11.5 Å². The second-order valence-electron chi connectivity index (χ2n) is 5.65. The van der Waals surface area contributed by atoms with Crippen molar-refractivity contribution in [1.82, 2.24) is 5.32 Å². The first kappa shape index (κ1) is 25.5. The molecule has 0 radical (unpaired) electrons. The Balaban J connectivity index is 0. The van der Waals surface area contributed by atoms with Crippen LogP contribution >= 0.6 is 0 Å². The largest absolute Gasteiger partial charge is 1.00 e. The van der Waals surface area contributed by atoms with E-state index in [2.05, 4.69) is 5.32 Å². The van der Waals surface area contributed by atoms with Gasteiger partial charge in [0.1, 0.15) is 6.04 Å². The van der Waals surface area contributed by atoms with Crippen molar-refractivity contribution in [1.29, 1.82) is 0 Å². The van der Waals surface area contributed by atoms with Crippen LogP contribution in [0.25, 0.3) is 0 Å². The van der Waals surface area contributed by atoms with Gasteiger partial charge in [0.15, 0.2) is 17.3 Å². The number of ketones is 1. The number of nitrogens with one attached hydrogen (secondary N) is 1. The van der Waals surface area contributed by atoms with Gasteiger partial charge in [0, 0.05) is 26.0 Å². The molecule has 1 rings (SSSR count). The van der Waals surface area contributed by atoms with Gasteiger partial charge in [-0.2, -0.15) is 0 Å². The molecule has 0 amide bonds. The number of carbonyl (C=O) groups is 4. The summed E-state index contributed by atoms with van der Waals surface area (Å²) in [5.41, 5.74) is 0.953. The molecule has 8 nitrogen and oxygen atoms in total. The van der Waals surface area contributed by atoms with Crippen LogP contribution in [0.5, 0.6) is 11.5 Å². The first-order chi connectivity index (χ1) is 12.1. The summed E-state index contributed by atoms with van der Waals surface area (Å²) in [7, 11) is 0. The molecule has 2 N–H and O–H groups in total. The fraction of sp³-hybridized carbons (Fsp3) is 0.333. The monoisotopic (exact) mass is 403 g/mol. The SMILES string of the molecule is CC(=O)/C=C(\C)N[C@@H](Cc1ccc(OC(C)=O)c(OC(C)=O)c1)C(=O)O.[H-].[K+]. The van der Waals surface area contributed by atoms with E-state index in [9.17, 15) is 24.3 Å². The fourth-order valence-electron chi connectivity index (χ4n) is 2.21. The molecular weight excluding hydrogens is 381 g/mol. The van der Waals surface area contributed by atoms with Crippen LogP contribution in [0.3, 0.4) is 0 Å². The van der Waals surface area contributed by atoms with E-state index < -0.39 is 23.9 Å². The van der Waals surface area contributed by atoms with Gasteiger partial charge in [0.05, 0.1) is 0 Å². The molecular formula is C18H22KNO7. The number of allylic oxidation sites excluding steroid dienone is 2. The van der Waals surface area contributed by atoms with E-state index in [-0.39, 0.29) is 76.5 Å². The van der Waals surface area contributed by atoms with Crippen LogP contribution in [0.15, 0.2) is 30.0 Å². The number of ether oxygens (including phenoxy) is 2. The predicted molar refractivity (Wildman–Crippen MR) is 92.9 cm³/mol. The predicted octanol–water partition coefficient (Wildman–Crippen LogP) is -1.27. The Morgan fingerprint density at radius 2 is 1.63 bits per heavy atom. The summed E-state index contributed by atoms with van der Waals surface area (Å²) in [5.74, 6) is -2.43. The molecule has 9 heteroatoms. The van der Waals surface area contributed by atoms with Crippen LogP contribution in [0.4, 0.5) is 0 Å². The number of hydrogen-bond acceptors (Lipinski definition) is 7. The van der Waals surface area contributed by atoms with Crippen LogP contribution in [-0.2, 0) is 25.6 Å². The Labute approximate surface area is 201 Å². The first-order valence-corrected chi connectivity index (χ1v) is 7.76. The maximum absolute atomic E-state index is 11.5. The topological polar surface area (TPSA) is 119 Å². The van der Waals surface area contributed by atoms with Gasteiger partial charge >= 0.3 is 69.3 Å². The third-order valence-corrected chi connectivity index (χ3v) is 3.08. The minimum absolute atomic E-state index is 0. The molecule has 1 atom stereocenters. The zero-order chi connectivity index (χ0) is 19.9. The minimum atomic E-state index is -1.11. The number of aliphatic carboxylic acids is 1. The third-order valence-electron chi connectivity index (χ3n) is 3.08. The molecule has 0 unspecified atom stereocenters. The van der Waals surface area contributed by atoms with Crippen molar-refractivity contribution in [2.75, 3.05) is 0 Å². The van der Waals surface area contributed by atoms with E-state index in [1.54, 1.807) is 13.0 Å². The fourth-order valence-corrected chi connectivity index (χ4v) is 2.21. The summed E-state index contributed by atoms with van der Waals surface area (Å²) in [5, 5.41) is 12.1. The van der Waals surface area contributed by atoms with E-state index in [1.807, 2.05) is 0 Å². The van der Waals surface area contributed by atoms with Gasteiger partial charge in [0.2, 0.25) is 0 Å². The maximum Gasteiger partial charge on any atom is 1.00 e. The number of esters is 2. The van der Waals surface area contributed by atoms with E-state index in [0.29, 0.717) is 11.3 Å². The molecule has 0 heterocycles. The summed E-state index contributed by atoms with van der Waals surface area (Å²) in [6.07, 6.45) is 1.34. The standard InChI is InChI=1S/C18H21NO7.K.H/c1-10(7-11(2)20)19-15(18(23)24)8-14-5-6-16(25-12(3)21)17(9-14)26-13(4)22;;/h5-7,9,15,19H,8H2,1-4H3,(H,23,24);;/q;+1;-1/b10-7+;;/t15-;;/m0../s1. The van der Waals surface area contributed by atoms with E-state index in [1.165, 1.54) is 39.0 Å². The molecule has 0 aromatic heterocycles. The Hall–Kier alpha value is -1.52. The van der Waals surface area contributed by atoms with Crippen LogP contribution < -0.4 is 66.2 Å². The molecule has 0 aliphatic carbocycles. The molecule has 0 aliphatic rings. The number of carboxylic acids is 1. The van der Waals surface area contributed by atoms with Crippen molar-refractivity contribution in [3.63, 3.8) is 0 Å². The van der Waals surface area contributed by atoms with Crippen molar-refractivity contribution in [3.05, 3.63) is 35.5 Å². The molecule has 0 spiro atoms. The molecule has 0 aliphatic heterocycles. The van der Waals surface area contributed by atoms with Crippen molar-refractivity contribution >= 4 is 23.7 Å². The smallest absolute Gasteiger partial charge is 1.00 e. The third kappa shape index (κ3) is 9.82. The molecule has 1 aromatic rings. The van der Waals surface area contributed by atoms with Crippen LogP contribution in [0.1, 0.15) is 34.7 Å². The van der Waals surface area contributed by atoms with Gasteiger partial charge in [-0.3, -0.25) is 14.4 Å². The molecule has 0 fully saturated rings. The summed E-state index contributed by atoms with van der Waals surface area (Å²) in [4.78, 5) is 44.9. The first-order valence-electron chi connectivity index (χ1n) is 7.76. The molecule has 142 valence electrons. The van der Waals surface area contributed by atoms with Crippen molar-refractivity contribution in [2.45, 2.75) is 40.2 Å². The summed E-state index contributed by atoms with van der Waals surface area (Å²) < 4.78 is 9.99. The van der Waals surface area contributed by atoms with Gasteiger partial charge in [-0.25, -0.2) is 4.79 Å². The molecule has 0 bridgehead atoms. The van der Waals surface area contributed by atoms with E-state index >= 15 is 0 Å². The minimum Gasteiger partial charge on any atom is -1.00 e. The number of benzene rings is 1. The number of rotatable bonds is 8. The quantitative estimate of drug-likeness (QED) is 0.239. The van der Waals surface area contributed by atoms with Crippen molar-refractivity contribution in [2.24, 2.45) is 0 Å². The van der Waals surface area contributed by atoms with Crippen LogP contribution in [0, 0.1) is 0 Å². The molecule has 27 heavy (non-hydrogen) atoms. The summed E-state index contributed by atoms with van der Waals surface area (Å²) >= 11 is 0. The second kappa shape index (κ2) is 12.0.